The molecule has 0 amide bonds. The van der Waals surface area contributed by atoms with E-state index in [1.807, 2.05) is 42.9 Å². The van der Waals surface area contributed by atoms with Gasteiger partial charge in [0, 0.05) is 27.3 Å². The van der Waals surface area contributed by atoms with Crippen LogP contribution in [0.4, 0.5) is 5.82 Å². The smallest absolute Gasteiger partial charge is 0.145 e. The molecule has 0 radical (unpaired) electrons. The predicted molar refractivity (Wildman–Crippen MR) is 52.8 cm³/mol. The monoisotopic (exact) mass is 176 g/mol. The highest BCUT2D eigenvalue weighted by atomic mass is 15.2. The Balaban J connectivity index is 2.77. The van der Waals surface area contributed by atoms with Crippen molar-refractivity contribution in [2.45, 2.75) is 0 Å². The average molecular weight is 176 g/mol. The van der Waals surface area contributed by atoms with E-state index in [0.717, 1.165) is 16.9 Å². The first-order valence-electron chi connectivity index (χ1n) is 4.13. The van der Waals surface area contributed by atoms with E-state index in [1.54, 1.807) is 6.33 Å². The zero-order chi connectivity index (χ0) is 9.42. The number of fused-ring (bicyclic) bond motifs is 1. The van der Waals surface area contributed by atoms with E-state index in [9.17, 15) is 0 Å². The van der Waals surface area contributed by atoms with Crippen LogP contribution in [0.3, 0.4) is 0 Å². The molecule has 13 heavy (non-hydrogen) atoms. The lowest BCUT2D eigenvalue weighted by Crippen LogP contribution is -2.11. The van der Waals surface area contributed by atoms with E-state index in [0.29, 0.717) is 0 Å². The van der Waals surface area contributed by atoms with Crippen molar-refractivity contribution in [3.8, 4) is 0 Å². The van der Waals surface area contributed by atoms with Crippen molar-refractivity contribution < 1.29 is 0 Å². The van der Waals surface area contributed by atoms with Gasteiger partial charge < -0.3 is 9.47 Å². The number of rotatable bonds is 1. The number of aryl methyl sites for hydroxylation is 1. The van der Waals surface area contributed by atoms with Gasteiger partial charge in [-0.3, -0.25) is 0 Å². The van der Waals surface area contributed by atoms with Crippen LogP contribution < -0.4 is 4.90 Å². The van der Waals surface area contributed by atoms with E-state index in [1.165, 1.54) is 0 Å². The molecule has 0 bridgehead atoms. The average Bonchev–Trinajstić information content (AvgIpc) is 2.48. The third-order valence-corrected chi connectivity index (χ3v) is 2.06. The summed E-state index contributed by atoms with van der Waals surface area (Å²) in [6.07, 6.45) is 3.59. The fourth-order valence-electron chi connectivity index (χ4n) is 1.42. The first kappa shape index (κ1) is 8.04. The van der Waals surface area contributed by atoms with Gasteiger partial charge in [-0.2, -0.15) is 0 Å². The molecule has 4 heteroatoms. The fourth-order valence-corrected chi connectivity index (χ4v) is 1.42. The van der Waals surface area contributed by atoms with Crippen molar-refractivity contribution >= 4 is 16.9 Å². The van der Waals surface area contributed by atoms with Crippen LogP contribution in [0.5, 0.6) is 0 Å². The van der Waals surface area contributed by atoms with E-state index in [2.05, 4.69) is 9.97 Å². The van der Waals surface area contributed by atoms with Gasteiger partial charge >= 0.3 is 0 Å². The van der Waals surface area contributed by atoms with Gasteiger partial charge in [-0.1, -0.05) is 0 Å². The molecular formula is C9H12N4. The molecule has 2 heterocycles. The van der Waals surface area contributed by atoms with Gasteiger partial charge in [-0.15, -0.1) is 0 Å². The summed E-state index contributed by atoms with van der Waals surface area (Å²) in [7, 11) is 5.94. The highest BCUT2D eigenvalue weighted by Gasteiger charge is 2.06. The van der Waals surface area contributed by atoms with Gasteiger partial charge in [0.25, 0.3) is 0 Å². The largest absolute Gasteiger partial charge is 0.362 e. The third-order valence-electron chi connectivity index (χ3n) is 2.06. The van der Waals surface area contributed by atoms with E-state index < -0.39 is 0 Å². The van der Waals surface area contributed by atoms with Crippen molar-refractivity contribution in [2.24, 2.45) is 7.05 Å². The lowest BCUT2D eigenvalue weighted by Gasteiger charge is -2.11. The van der Waals surface area contributed by atoms with Crippen LogP contribution in [-0.4, -0.2) is 28.6 Å². The second kappa shape index (κ2) is 2.73. The van der Waals surface area contributed by atoms with Crippen LogP contribution in [0.25, 0.3) is 11.0 Å². The van der Waals surface area contributed by atoms with Gasteiger partial charge in [0.2, 0.25) is 0 Å². The Morgan fingerprint density at radius 2 is 2.08 bits per heavy atom. The molecule has 0 aliphatic rings. The summed E-state index contributed by atoms with van der Waals surface area (Å²) in [4.78, 5) is 10.4. The van der Waals surface area contributed by atoms with Crippen molar-refractivity contribution in [1.82, 2.24) is 14.5 Å². The van der Waals surface area contributed by atoms with Crippen LogP contribution in [0.15, 0.2) is 18.6 Å². The molecule has 0 saturated heterocycles. The molecule has 4 nitrogen and oxygen atoms in total. The Kier molecular flexibility index (Phi) is 1.69. The van der Waals surface area contributed by atoms with Gasteiger partial charge in [-0.05, 0) is 6.07 Å². The fraction of sp³-hybridized carbons (Fsp3) is 0.333. The summed E-state index contributed by atoms with van der Waals surface area (Å²) >= 11 is 0. The SMILES string of the molecule is CN(C)c1ncnc2c1ccn2C. The minimum Gasteiger partial charge on any atom is -0.362 e. The summed E-state index contributed by atoms with van der Waals surface area (Å²) in [5.41, 5.74) is 0.971. The summed E-state index contributed by atoms with van der Waals surface area (Å²) in [6, 6.07) is 2.03. The maximum absolute atomic E-state index is 4.22. The Morgan fingerprint density at radius 3 is 2.77 bits per heavy atom. The molecule has 0 spiro atoms. The van der Waals surface area contributed by atoms with Crippen molar-refractivity contribution in [1.29, 1.82) is 0 Å². The first-order chi connectivity index (χ1) is 6.20. The van der Waals surface area contributed by atoms with Gasteiger partial charge in [0.15, 0.2) is 0 Å². The van der Waals surface area contributed by atoms with E-state index in [4.69, 9.17) is 0 Å². The number of anilines is 1. The zero-order valence-electron chi connectivity index (χ0n) is 8.02. The maximum atomic E-state index is 4.22. The molecule has 0 aliphatic heterocycles. The molecule has 0 atom stereocenters. The van der Waals surface area contributed by atoms with Crippen LogP contribution in [0.2, 0.25) is 0 Å². The van der Waals surface area contributed by atoms with Crippen LogP contribution >= 0.6 is 0 Å². The molecule has 0 unspecified atom stereocenters. The molecule has 68 valence electrons. The molecule has 0 N–H and O–H groups in total. The summed E-state index contributed by atoms with van der Waals surface area (Å²) in [6.45, 7) is 0. The van der Waals surface area contributed by atoms with Crippen LogP contribution in [0.1, 0.15) is 0 Å². The minimum absolute atomic E-state index is 0.964. The Labute approximate surface area is 76.8 Å². The molecule has 2 aromatic rings. The van der Waals surface area contributed by atoms with Crippen LogP contribution in [-0.2, 0) is 7.05 Å². The van der Waals surface area contributed by atoms with Gasteiger partial charge in [0.05, 0.1) is 5.39 Å². The molecule has 2 aromatic heterocycles. The standard InChI is InChI=1S/C9H12N4/c1-12(2)8-7-4-5-13(3)9(7)11-6-10-8/h4-6H,1-3H3. The number of hydrogen-bond acceptors (Lipinski definition) is 3. The Bertz CT molecular complexity index is 430. The summed E-state index contributed by atoms with van der Waals surface area (Å²) in [5, 5.41) is 1.09. The highest BCUT2D eigenvalue weighted by Crippen LogP contribution is 2.20. The molecule has 2 rings (SSSR count). The predicted octanol–water partition coefficient (Wildman–Crippen LogP) is 1.03. The number of aromatic nitrogens is 3. The highest BCUT2D eigenvalue weighted by molar-refractivity contribution is 5.87. The molecule has 0 aliphatic carbocycles. The summed E-state index contributed by atoms with van der Waals surface area (Å²) in [5.74, 6) is 0.964. The molecular weight excluding hydrogens is 164 g/mol. The van der Waals surface area contributed by atoms with E-state index >= 15 is 0 Å². The Morgan fingerprint density at radius 1 is 1.31 bits per heavy atom. The second-order valence-electron chi connectivity index (χ2n) is 3.26. The topological polar surface area (TPSA) is 34.0 Å². The van der Waals surface area contributed by atoms with Crippen molar-refractivity contribution in [3.63, 3.8) is 0 Å². The lowest BCUT2D eigenvalue weighted by atomic mass is 10.3. The normalized spacial score (nSPS) is 10.7. The van der Waals surface area contributed by atoms with Gasteiger partial charge in [-0.25, -0.2) is 9.97 Å². The summed E-state index contributed by atoms with van der Waals surface area (Å²) < 4.78 is 1.99. The minimum atomic E-state index is 0.964. The second-order valence-corrected chi connectivity index (χ2v) is 3.26. The number of nitrogens with zero attached hydrogens (tertiary/aromatic N) is 4. The zero-order valence-corrected chi connectivity index (χ0v) is 8.02. The number of hydrogen-bond donors (Lipinski definition) is 0. The molecule has 0 saturated carbocycles. The lowest BCUT2D eigenvalue weighted by molar-refractivity contribution is 0.940. The van der Waals surface area contributed by atoms with Crippen molar-refractivity contribution in [3.05, 3.63) is 18.6 Å². The maximum Gasteiger partial charge on any atom is 0.145 e. The quantitative estimate of drug-likeness (QED) is 0.651. The van der Waals surface area contributed by atoms with Gasteiger partial charge in [0.1, 0.15) is 17.8 Å². The van der Waals surface area contributed by atoms with E-state index in [-0.39, 0.29) is 0 Å². The first-order valence-corrected chi connectivity index (χ1v) is 4.13. The third kappa shape index (κ3) is 1.14. The molecule has 0 aromatic carbocycles. The van der Waals surface area contributed by atoms with Crippen molar-refractivity contribution in [2.75, 3.05) is 19.0 Å². The molecule has 0 fully saturated rings. The van der Waals surface area contributed by atoms with Crippen LogP contribution in [0, 0.1) is 0 Å². The Hall–Kier alpha value is -1.58.